The zero-order valence-corrected chi connectivity index (χ0v) is 5.72. The average Bonchev–Trinajstić information content (AvgIpc) is 1.64. The maximum absolute atomic E-state index is 2.41. The average molecular weight is 110 g/mol. The second-order valence-electron chi connectivity index (χ2n) is 3.62. The molecule has 0 unspecified atom stereocenters. The minimum Gasteiger partial charge on any atom is -0.0620 e. The standard InChI is InChI=1S/C8H14/c1-5-6(2)8-4-3-7(5)8/h5-8H,3-4H2,1-2H3/t5-,6+,7-,8+. The summed E-state index contributed by atoms with van der Waals surface area (Å²) in [7, 11) is 0. The largest absolute Gasteiger partial charge is 0.0620 e. The van der Waals surface area contributed by atoms with E-state index < -0.39 is 0 Å². The Morgan fingerprint density at radius 2 is 1.25 bits per heavy atom. The van der Waals surface area contributed by atoms with Crippen molar-refractivity contribution in [3.05, 3.63) is 0 Å². The first-order chi connectivity index (χ1) is 3.80. The van der Waals surface area contributed by atoms with Gasteiger partial charge in [0.1, 0.15) is 0 Å². The van der Waals surface area contributed by atoms with Crippen LogP contribution in [-0.2, 0) is 0 Å². The SMILES string of the molecule is C[C@@H]1[C@H](C)[C@@H]2CC[C@H]12. The molecule has 0 saturated heterocycles. The molecule has 8 heavy (non-hydrogen) atoms. The van der Waals surface area contributed by atoms with Crippen molar-refractivity contribution in [3.8, 4) is 0 Å². The zero-order chi connectivity index (χ0) is 5.72. The molecule has 0 amide bonds. The quantitative estimate of drug-likeness (QED) is 0.449. The van der Waals surface area contributed by atoms with Crippen LogP contribution in [-0.4, -0.2) is 0 Å². The van der Waals surface area contributed by atoms with E-state index in [9.17, 15) is 0 Å². The van der Waals surface area contributed by atoms with Crippen LogP contribution in [0.25, 0.3) is 0 Å². The minimum absolute atomic E-state index is 1.06. The summed E-state index contributed by atoms with van der Waals surface area (Å²) in [5, 5.41) is 0. The van der Waals surface area contributed by atoms with Crippen LogP contribution in [0.2, 0.25) is 0 Å². The normalized spacial score (nSPS) is 60.8. The lowest BCUT2D eigenvalue weighted by atomic mass is 9.48. The van der Waals surface area contributed by atoms with E-state index in [0.29, 0.717) is 0 Å². The first-order valence-electron chi connectivity index (χ1n) is 3.80. The lowest BCUT2D eigenvalue weighted by Gasteiger charge is -2.57. The third-order valence-corrected chi connectivity index (χ3v) is 3.56. The van der Waals surface area contributed by atoms with Gasteiger partial charge in [0, 0.05) is 0 Å². The predicted octanol–water partition coefficient (Wildman–Crippen LogP) is 2.30. The molecular weight excluding hydrogens is 96.1 g/mol. The van der Waals surface area contributed by atoms with Crippen LogP contribution in [0.4, 0.5) is 0 Å². The summed E-state index contributed by atoms with van der Waals surface area (Å²) in [6, 6.07) is 0. The predicted molar refractivity (Wildman–Crippen MR) is 34.5 cm³/mol. The lowest BCUT2D eigenvalue weighted by Crippen LogP contribution is -2.50. The molecule has 46 valence electrons. The highest BCUT2D eigenvalue weighted by molar-refractivity contribution is 4.99. The highest BCUT2D eigenvalue weighted by atomic mass is 14.5. The first-order valence-corrected chi connectivity index (χ1v) is 3.80. The molecule has 2 rings (SSSR count). The third-order valence-electron chi connectivity index (χ3n) is 3.56. The number of fused-ring (bicyclic) bond motifs is 1. The van der Waals surface area contributed by atoms with E-state index in [1.165, 1.54) is 12.8 Å². The molecule has 0 heteroatoms. The molecule has 0 bridgehead atoms. The van der Waals surface area contributed by atoms with Crippen molar-refractivity contribution in [1.82, 2.24) is 0 Å². The van der Waals surface area contributed by atoms with Gasteiger partial charge >= 0.3 is 0 Å². The number of hydrogen-bond donors (Lipinski definition) is 0. The summed E-state index contributed by atoms with van der Waals surface area (Å²) in [5.74, 6) is 4.44. The minimum atomic E-state index is 1.06. The summed E-state index contributed by atoms with van der Waals surface area (Å²) in [4.78, 5) is 0. The molecule has 2 saturated carbocycles. The Bertz CT molecular complexity index is 80.6. The number of hydrogen-bond acceptors (Lipinski definition) is 0. The molecule has 0 aromatic heterocycles. The Kier molecular flexibility index (Phi) is 0.778. The van der Waals surface area contributed by atoms with Crippen molar-refractivity contribution in [2.24, 2.45) is 23.7 Å². The third kappa shape index (κ3) is 0.340. The van der Waals surface area contributed by atoms with Crippen molar-refractivity contribution in [2.75, 3.05) is 0 Å². The van der Waals surface area contributed by atoms with Crippen molar-refractivity contribution < 1.29 is 0 Å². The van der Waals surface area contributed by atoms with E-state index in [2.05, 4.69) is 13.8 Å². The van der Waals surface area contributed by atoms with Crippen LogP contribution in [0.5, 0.6) is 0 Å². The lowest BCUT2D eigenvalue weighted by molar-refractivity contribution is -0.0815. The van der Waals surface area contributed by atoms with Gasteiger partial charge in [-0.25, -0.2) is 0 Å². The summed E-state index contributed by atoms with van der Waals surface area (Å²) in [5.41, 5.74) is 0. The fourth-order valence-corrected chi connectivity index (χ4v) is 2.49. The Morgan fingerprint density at radius 3 is 1.38 bits per heavy atom. The van der Waals surface area contributed by atoms with E-state index >= 15 is 0 Å². The van der Waals surface area contributed by atoms with E-state index in [1.807, 2.05) is 0 Å². The summed E-state index contributed by atoms with van der Waals surface area (Å²) >= 11 is 0. The van der Waals surface area contributed by atoms with Crippen molar-refractivity contribution >= 4 is 0 Å². The molecule has 0 spiro atoms. The second-order valence-corrected chi connectivity index (χ2v) is 3.62. The van der Waals surface area contributed by atoms with Gasteiger partial charge in [-0.05, 0) is 36.5 Å². The summed E-state index contributed by atoms with van der Waals surface area (Å²) in [6.07, 6.45) is 3.08. The van der Waals surface area contributed by atoms with Gasteiger partial charge in [-0.1, -0.05) is 13.8 Å². The Labute approximate surface area is 51.3 Å². The number of rotatable bonds is 0. The van der Waals surface area contributed by atoms with Crippen LogP contribution in [0, 0.1) is 23.7 Å². The van der Waals surface area contributed by atoms with E-state index in [-0.39, 0.29) is 0 Å². The van der Waals surface area contributed by atoms with Gasteiger partial charge in [0.25, 0.3) is 0 Å². The Hall–Kier alpha value is 0. The highest BCUT2D eigenvalue weighted by Crippen LogP contribution is 2.57. The summed E-state index contributed by atoms with van der Waals surface area (Å²) < 4.78 is 0. The zero-order valence-electron chi connectivity index (χ0n) is 5.72. The van der Waals surface area contributed by atoms with E-state index in [0.717, 1.165) is 23.7 Å². The van der Waals surface area contributed by atoms with E-state index in [1.54, 1.807) is 0 Å². The fourth-order valence-electron chi connectivity index (χ4n) is 2.49. The Balaban J connectivity index is 2.03. The highest BCUT2D eigenvalue weighted by Gasteiger charge is 2.50. The first kappa shape index (κ1) is 4.84. The fraction of sp³-hybridized carbons (Fsp3) is 1.00. The van der Waals surface area contributed by atoms with Crippen LogP contribution < -0.4 is 0 Å². The molecule has 0 nitrogen and oxygen atoms in total. The molecule has 2 aliphatic rings. The van der Waals surface area contributed by atoms with Gasteiger partial charge in [-0.3, -0.25) is 0 Å². The van der Waals surface area contributed by atoms with Gasteiger partial charge in [0.2, 0.25) is 0 Å². The van der Waals surface area contributed by atoms with Crippen molar-refractivity contribution in [1.29, 1.82) is 0 Å². The molecule has 0 N–H and O–H groups in total. The molecular formula is C8H14. The van der Waals surface area contributed by atoms with Crippen LogP contribution in [0.3, 0.4) is 0 Å². The summed E-state index contributed by atoms with van der Waals surface area (Å²) in [6.45, 7) is 4.82. The van der Waals surface area contributed by atoms with Crippen LogP contribution >= 0.6 is 0 Å². The molecule has 2 fully saturated rings. The molecule has 0 heterocycles. The maximum atomic E-state index is 2.41. The van der Waals surface area contributed by atoms with E-state index in [4.69, 9.17) is 0 Å². The van der Waals surface area contributed by atoms with Gasteiger partial charge in [0.05, 0.1) is 0 Å². The van der Waals surface area contributed by atoms with Gasteiger partial charge in [-0.2, -0.15) is 0 Å². The molecule has 0 aromatic carbocycles. The molecule has 0 aliphatic heterocycles. The smallest absolute Gasteiger partial charge is 0.0355 e. The van der Waals surface area contributed by atoms with Crippen LogP contribution in [0.15, 0.2) is 0 Å². The topological polar surface area (TPSA) is 0 Å². The molecule has 2 aliphatic carbocycles. The molecule has 4 atom stereocenters. The second kappa shape index (κ2) is 1.29. The monoisotopic (exact) mass is 110 g/mol. The van der Waals surface area contributed by atoms with Crippen molar-refractivity contribution in [2.45, 2.75) is 26.7 Å². The van der Waals surface area contributed by atoms with Gasteiger partial charge in [-0.15, -0.1) is 0 Å². The van der Waals surface area contributed by atoms with Crippen LogP contribution in [0.1, 0.15) is 26.7 Å². The van der Waals surface area contributed by atoms with Crippen molar-refractivity contribution in [3.63, 3.8) is 0 Å². The van der Waals surface area contributed by atoms with Gasteiger partial charge < -0.3 is 0 Å². The molecule has 0 aromatic rings. The van der Waals surface area contributed by atoms with Gasteiger partial charge in [0.15, 0.2) is 0 Å². The molecule has 0 radical (unpaired) electrons. The Morgan fingerprint density at radius 1 is 0.875 bits per heavy atom. The maximum Gasteiger partial charge on any atom is -0.0355 e.